The monoisotopic (exact) mass is 428 g/mol. The highest BCUT2D eigenvalue weighted by atomic mass is 35.5. The molecule has 30 heavy (non-hydrogen) atoms. The molecule has 156 valence electrons. The highest BCUT2D eigenvalue weighted by molar-refractivity contribution is 6.30. The van der Waals surface area contributed by atoms with Gasteiger partial charge >= 0.3 is 0 Å². The maximum atomic E-state index is 14.2. The summed E-state index contributed by atoms with van der Waals surface area (Å²) in [6, 6.07) is 12.8. The van der Waals surface area contributed by atoms with Gasteiger partial charge in [0.05, 0.1) is 18.8 Å². The highest BCUT2D eigenvalue weighted by Crippen LogP contribution is 2.23. The van der Waals surface area contributed by atoms with Crippen molar-refractivity contribution >= 4 is 23.5 Å². The molecule has 0 saturated carbocycles. The Kier molecular flexibility index (Phi) is 6.97. The molecule has 8 heteroatoms. The Balaban J connectivity index is 1.77. The molecular weight excluding hydrogens is 407 g/mol. The van der Waals surface area contributed by atoms with Crippen LogP contribution in [0.2, 0.25) is 5.02 Å². The number of carbonyl (C=O) groups excluding carboxylic acids is 1. The minimum atomic E-state index is -0.597. The number of carbonyl (C=O) groups is 1. The van der Waals surface area contributed by atoms with Crippen LogP contribution in [0.5, 0.6) is 0 Å². The van der Waals surface area contributed by atoms with Gasteiger partial charge in [0, 0.05) is 22.2 Å². The van der Waals surface area contributed by atoms with Gasteiger partial charge in [-0.2, -0.15) is 0 Å². The first-order chi connectivity index (χ1) is 14.4. The van der Waals surface area contributed by atoms with Crippen molar-refractivity contribution < 1.29 is 14.3 Å². The molecule has 0 radical (unpaired) electrons. The van der Waals surface area contributed by atoms with E-state index in [2.05, 4.69) is 20.6 Å². The molecule has 0 unspecified atom stereocenters. The number of benzene rings is 2. The van der Waals surface area contributed by atoms with Crippen LogP contribution in [-0.4, -0.2) is 33.6 Å². The zero-order chi connectivity index (χ0) is 21.7. The molecule has 1 aromatic heterocycles. The number of aliphatic hydroxyl groups is 1. The third kappa shape index (κ3) is 5.31. The Bertz CT molecular complexity index is 1030. The van der Waals surface area contributed by atoms with Crippen molar-refractivity contribution in [1.82, 2.24) is 15.3 Å². The van der Waals surface area contributed by atoms with E-state index in [1.165, 1.54) is 0 Å². The number of rotatable bonds is 7. The number of aromatic nitrogens is 2. The summed E-state index contributed by atoms with van der Waals surface area (Å²) in [5, 5.41) is 16.0. The molecule has 1 heterocycles. The quantitative estimate of drug-likeness (QED) is 0.524. The van der Waals surface area contributed by atoms with E-state index in [-0.39, 0.29) is 24.2 Å². The van der Waals surface area contributed by atoms with Gasteiger partial charge in [-0.1, -0.05) is 35.9 Å². The number of amides is 1. The molecule has 3 aromatic rings. The molecule has 3 N–H and O–H groups in total. The van der Waals surface area contributed by atoms with Gasteiger partial charge in [0.2, 0.25) is 5.95 Å². The van der Waals surface area contributed by atoms with Crippen molar-refractivity contribution in [2.24, 2.45) is 0 Å². The van der Waals surface area contributed by atoms with Gasteiger partial charge in [0.15, 0.2) is 5.82 Å². The number of anilines is 1. The van der Waals surface area contributed by atoms with Crippen molar-refractivity contribution in [3.63, 3.8) is 0 Å². The van der Waals surface area contributed by atoms with Gasteiger partial charge < -0.3 is 15.7 Å². The summed E-state index contributed by atoms with van der Waals surface area (Å²) in [6.07, 6.45) is 1.12. The molecule has 2 aromatic carbocycles. The second-order valence-electron chi connectivity index (χ2n) is 7.03. The Morgan fingerprint density at radius 3 is 2.57 bits per heavy atom. The van der Waals surface area contributed by atoms with E-state index >= 15 is 0 Å². The average Bonchev–Trinajstić information content (AvgIpc) is 2.73. The molecule has 0 bridgehead atoms. The lowest BCUT2D eigenvalue weighted by molar-refractivity contribution is 0.0916. The van der Waals surface area contributed by atoms with Crippen LogP contribution in [0.25, 0.3) is 11.3 Å². The van der Waals surface area contributed by atoms with Crippen LogP contribution in [0.4, 0.5) is 10.3 Å². The topological polar surface area (TPSA) is 87.1 Å². The summed E-state index contributed by atoms with van der Waals surface area (Å²) in [7, 11) is 0. The number of hydrogen-bond acceptors (Lipinski definition) is 5. The van der Waals surface area contributed by atoms with E-state index in [1.807, 2.05) is 13.8 Å². The lowest BCUT2D eigenvalue weighted by Gasteiger charge is -2.17. The van der Waals surface area contributed by atoms with Crippen molar-refractivity contribution in [3.8, 4) is 11.3 Å². The van der Waals surface area contributed by atoms with Gasteiger partial charge in [-0.15, -0.1) is 0 Å². The Morgan fingerprint density at radius 1 is 1.20 bits per heavy atom. The SMILES string of the molecule is CC(C)Nc1ncc(F)c(-c2ccc(C(=O)N[C@H](CO)c3cccc(Cl)c3)cc2)n1. The molecule has 1 amide bonds. The molecule has 0 aliphatic rings. The minimum Gasteiger partial charge on any atom is -0.394 e. The number of nitrogens with one attached hydrogen (secondary N) is 2. The van der Waals surface area contributed by atoms with Gasteiger partial charge in [-0.25, -0.2) is 14.4 Å². The lowest BCUT2D eigenvalue weighted by Crippen LogP contribution is -2.30. The van der Waals surface area contributed by atoms with Crippen LogP contribution in [0, 0.1) is 5.82 Å². The van der Waals surface area contributed by atoms with Gasteiger partial charge in [0.25, 0.3) is 5.91 Å². The predicted molar refractivity (Wildman–Crippen MR) is 115 cm³/mol. The Labute approximate surface area is 179 Å². The Morgan fingerprint density at radius 2 is 1.93 bits per heavy atom. The summed E-state index contributed by atoms with van der Waals surface area (Å²) < 4.78 is 14.2. The first kappa shape index (κ1) is 21.7. The first-order valence-corrected chi connectivity index (χ1v) is 9.82. The average molecular weight is 429 g/mol. The normalized spacial score (nSPS) is 11.9. The summed E-state index contributed by atoms with van der Waals surface area (Å²) in [4.78, 5) is 20.8. The van der Waals surface area contributed by atoms with E-state index < -0.39 is 11.9 Å². The summed E-state index contributed by atoms with van der Waals surface area (Å²) in [6.45, 7) is 3.59. The zero-order valence-electron chi connectivity index (χ0n) is 16.6. The molecular formula is C22H22ClFN4O2. The molecule has 3 rings (SSSR count). The van der Waals surface area contributed by atoms with Crippen LogP contribution in [0.3, 0.4) is 0 Å². The summed E-state index contributed by atoms with van der Waals surface area (Å²) in [5.41, 5.74) is 1.73. The minimum absolute atomic E-state index is 0.105. The van der Waals surface area contributed by atoms with Crippen LogP contribution in [0.15, 0.2) is 54.7 Å². The fraction of sp³-hybridized carbons (Fsp3) is 0.227. The van der Waals surface area contributed by atoms with Crippen LogP contribution < -0.4 is 10.6 Å². The lowest BCUT2D eigenvalue weighted by atomic mass is 10.1. The summed E-state index contributed by atoms with van der Waals surface area (Å²) >= 11 is 5.99. The molecule has 0 aliphatic heterocycles. The van der Waals surface area contributed by atoms with E-state index in [0.717, 1.165) is 6.20 Å². The van der Waals surface area contributed by atoms with Gasteiger partial charge in [0.1, 0.15) is 5.69 Å². The van der Waals surface area contributed by atoms with E-state index in [0.29, 0.717) is 27.7 Å². The number of nitrogens with zero attached hydrogens (tertiary/aromatic N) is 2. The second-order valence-corrected chi connectivity index (χ2v) is 7.47. The van der Waals surface area contributed by atoms with Crippen molar-refractivity contribution in [2.75, 3.05) is 11.9 Å². The third-order valence-corrected chi connectivity index (χ3v) is 4.56. The summed E-state index contributed by atoms with van der Waals surface area (Å²) in [5.74, 6) is -0.593. The third-order valence-electron chi connectivity index (χ3n) is 4.32. The van der Waals surface area contributed by atoms with E-state index in [4.69, 9.17) is 11.6 Å². The largest absolute Gasteiger partial charge is 0.394 e. The molecule has 0 aliphatic carbocycles. The number of halogens is 2. The smallest absolute Gasteiger partial charge is 0.251 e. The van der Waals surface area contributed by atoms with Crippen molar-refractivity contribution in [2.45, 2.75) is 25.9 Å². The fourth-order valence-electron chi connectivity index (χ4n) is 2.88. The molecule has 1 atom stereocenters. The maximum Gasteiger partial charge on any atom is 0.251 e. The Hall–Kier alpha value is -3.03. The second kappa shape index (κ2) is 9.65. The van der Waals surface area contributed by atoms with Crippen molar-refractivity contribution in [1.29, 1.82) is 0 Å². The highest BCUT2D eigenvalue weighted by Gasteiger charge is 2.16. The van der Waals surface area contributed by atoms with E-state index in [9.17, 15) is 14.3 Å². The van der Waals surface area contributed by atoms with E-state index in [1.54, 1.807) is 48.5 Å². The molecule has 6 nitrogen and oxygen atoms in total. The van der Waals surface area contributed by atoms with Crippen LogP contribution in [-0.2, 0) is 0 Å². The van der Waals surface area contributed by atoms with Crippen LogP contribution in [0.1, 0.15) is 35.8 Å². The van der Waals surface area contributed by atoms with Crippen molar-refractivity contribution in [3.05, 3.63) is 76.7 Å². The predicted octanol–water partition coefficient (Wildman–Crippen LogP) is 4.22. The fourth-order valence-corrected chi connectivity index (χ4v) is 3.07. The van der Waals surface area contributed by atoms with Crippen LogP contribution >= 0.6 is 11.6 Å². The molecule has 0 fully saturated rings. The van der Waals surface area contributed by atoms with Gasteiger partial charge in [-0.05, 0) is 43.7 Å². The first-order valence-electron chi connectivity index (χ1n) is 9.44. The standard InChI is InChI=1S/C22H22ClFN4O2/c1-13(2)26-22-25-11-18(24)20(28-22)14-6-8-15(9-7-14)21(30)27-19(12-29)16-4-3-5-17(23)10-16/h3-11,13,19,29H,12H2,1-2H3,(H,27,30)(H,25,26,28)/t19-/m1/s1. The number of aliphatic hydroxyl groups excluding tert-OH is 1. The molecule has 0 saturated heterocycles. The number of hydrogen-bond donors (Lipinski definition) is 3. The molecule has 0 spiro atoms. The maximum absolute atomic E-state index is 14.2. The zero-order valence-corrected chi connectivity index (χ0v) is 17.3. The van der Waals surface area contributed by atoms with Gasteiger partial charge in [-0.3, -0.25) is 4.79 Å².